The van der Waals surface area contributed by atoms with Gasteiger partial charge in [0.15, 0.2) is 0 Å². The molecule has 74 valence electrons. The van der Waals surface area contributed by atoms with E-state index < -0.39 is 0 Å². The zero-order valence-electron chi connectivity index (χ0n) is 8.01. The summed E-state index contributed by atoms with van der Waals surface area (Å²) in [5, 5.41) is 3.21. The molecule has 1 amide bonds. The number of Topliss-reactive ketones (excluding diaryl/α,β-unsaturated/α-hetero) is 1. The third kappa shape index (κ3) is 3.55. The van der Waals surface area contributed by atoms with Crippen LogP contribution in [0.5, 0.6) is 0 Å². The van der Waals surface area contributed by atoms with Gasteiger partial charge in [-0.2, -0.15) is 0 Å². The summed E-state index contributed by atoms with van der Waals surface area (Å²) in [5.41, 5.74) is 0. The van der Waals surface area contributed by atoms with Gasteiger partial charge in [-0.25, -0.2) is 0 Å². The molecular weight excluding hydrogens is 168 g/mol. The Kier molecular flexibility index (Phi) is 3.89. The summed E-state index contributed by atoms with van der Waals surface area (Å²) in [5.74, 6) is -0.0848. The lowest BCUT2D eigenvalue weighted by molar-refractivity contribution is -0.134. The van der Waals surface area contributed by atoms with Gasteiger partial charge in [0.25, 0.3) is 0 Å². The molecule has 0 aliphatic carbocycles. The normalized spacial score (nSPS) is 18.1. The molecule has 1 aliphatic heterocycles. The molecule has 0 aromatic heterocycles. The maximum atomic E-state index is 11.4. The van der Waals surface area contributed by atoms with Crippen molar-refractivity contribution < 1.29 is 9.59 Å². The number of nitrogens with zero attached hydrogens (tertiary/aromatic N) is 1. The fourth-order valence-electron chi connectivity index (χ4n) is 1.42. The fraction of sp³-hybridized carbons (Fsp3) is 0.778. The zero-order valence-corrected chi connectivity index (χ0v) is 8.01. The number of carbonyl (C=O) groups is 2. The van der Waals surface area contributed by atoms with Crippen LogP contribution in [0.1, 0.15) is 19.8 Å². The van der Waals surface area contributed by atoms with Gasteiger partial charge in [0.05, 0.1) is 6.42 Å². The van der Waals surface area contributed by atoms with Crippen LogP contribution in [0.3, 0.4) is 0 Å². The van der Waals surface area contributed by atoms with E-state index in [-0.39, 0.29) is 18.1 Å². The van der Waals surface area contributed by atoms with Crippen LogP contribution in [0.4, 0.5) is 0 Å². The Labute approximate surface area is 78.3 Å². The van der Waals surface area contributed by atoms with Crippen LogP contribution in [0.25, 0.3) is 0 Å². The molecule has 1 rings (SSSR count). The second-order valence-electron chi connectivity index (χ2n) is 3.36. The molecule has 0 aromatic carbocycles. The number of nitrogens with one attached hydrogen (secondary N) is 1. The lowest BCUT2D eigenvalue weighted by Gasteiger charge is -2.18. The molecule has 4 nitrogen and oxygen atoms in total. The number of amides is 1. The highest BCUT2D eigenvalue weighted by Crippen LogP contribution is 1.99. The number of carbonyl (C=O) groups excluding carboxylic acids is 2. The van der Waals surface area contributed by atoms with Crippen molar-refractivity contribution in [3.8, 4) is 0 Å². The second kappa shape index (κ2) is 4.97. The Hall–Kier alpha value is -0.900. The standard InChI is InChI=1S/C9H16N2O2/c1-8(12)7-9(13)11-5-2-3-10-4-6-11/h10H,2-7H2,1H3. The molecule has 0 unspecified atom stereocenters. The van der Waals surface area contributed by atoms with Crippen molar-refractivity contribution >= 4 is 11.7 Å². The first-order chi connectivity index (χ1) is 6.20. The van der Waals surface area contributed by atoms with E-state index in [1.807, 2.05) is 0 Å². The van der Waals surface area contributed by atoms with E-state index in [2.05, 4.69) is 5.32 Å². The van der Waals surface area contributed by atoms with Crippen LogP contribution in [0.15, 0.2) is 0 Å². The summed E-state index contributed by atoms with van der Waals surface area (Å²) >= 11 is 0. The minimum atomic E-state index is -0.0535. The first-order valence-corrected chi connectivity index (χ1v) is 4.68. The van der Waals surface area contributed by atoms with E-state index >= 15 is 0 Å². The van der Waals surface area contributed by atoms with E-state index in [9.17, 15) is 9.59 Å². The Morgan fingerprint density at radius 3 is 2.77 bits per heavy atom. The van der Waals surface area contributed by atoms with Gasteiger partial charge in [-0.15, -0.1) is 0 Å². The lowest BCUT2D eigenvalue weighted by Crippen LogP contribution is -2.34. The van der Waals surface area contributed by atoms with Crippen LogP contribution in [-0.2, 0) is 9.59 Å². The highest BCUT2D eigenvalue weighted by atomic mass is 16.2. The molecule has 1 saturated heterocycles. The van der Waals surface area contributed by atoms with Crippen LogP contribution in [-0.4, -0.2) is 42.8 Å². The van der Waals surface area contributed by atoms with Crippen molar-refractivity contribution in [1.29, 1.82) is 0 Å². The molecule has 0 aromatic rings. The van der Waals surface area contributed by atoms with Gasteiger partial charge in [0.2, 0.25) is 5.91 Å². The minimum absolute atomic E-state index is 0.0313. The minimum Gasteiger partial charge on any atom is -0.341 e. The van der Waals surface area contributed by atoms with Gasteiger partial charge in [-0.1, -0.05) is 0 Å². The van der Waals surface area contributed by atoms with E-state index in [1.165, 1.54) is 6.92 Å². The third-order valence-corrected chi connectivity index (χ3v) is 2.09. The second-order valence-corrected chi connectivity index (χ2v) is 3.36. The van der Waals surface area contributed by atoms with Crippen molar-refractivity contribution in [2.45, 2.75) is 19.8 Å². The zero-order chi connectivity index (χ0) is 9.68. The summed E-state index contributed by atoms with van der Waals surface area (Å²) in [6.07, 6.45) is 1.03. The number of hydrogen-bond acceptors (Lipinski definition) is 3. The number of ketones is 1. The lowest BCUT2D eigenvalue weighted by atomic mass is 10.2. The Morgan fingerprint density at radius 1 is 1.31 bits per heavy atom. The van der Waals surface area contributed by atoms with Gasteiger partial charge in [-0.3, -0.25) is 9.59 Å². The summed E-state index contributed by atoms with van der Waals surface area (Å²) < 4.78 is 0. The first kappa shape index (κ1) is 10.2. The Morgan fingerprint density at radius 2 is 2.08 bits per heavy atom. The Balaban J connectivity index is 2.39. The third-order valence-electron chi connectivity index (χ3n) is 2.09. The van der Waals surface area contributed by atoms with Gasteiger partial charge >= 0.3 is 0 Å². The number of hydrogen-bond donors (Lipinski definition) is 1. The van der Waals surface area contributed by atoms with Crippen molar-refractivity contribution in [1.82, 2.24) is 10.2 Å². The number of rotatable bonds is 2. The SMILES string of the molecule is CC(=O)CC(=O)N1CCCNCC1. The van der Waals surface area contributed by atoms with E-state index in [0.717, 1.165) is 32.6 Å². The molecule has 13 heavy (non-hydrogen) atoms. The molecule has 0 atom stereocenters. The van der Waals surface area contributed by atoms with E-state index in [0.29, 0.717) is 0 Å². The average Bonchev–Trinajstić information content (AvgIpc) is 2.29. The van der Waals surface area contributed by atoms with Crippen LogP contribution < -0.4 is 5.32 Å². The maximum Gasteiger partial charge on any atom is 0.230 e. The summed E-state index contributed by atoms with van der Waals surface area (Å²) in [7, 11) is 0. The highest BCUT2D eigenvalue weighted by molar-refractivity contribution is 5.96. The van der Waals surface area contributed by atoms with Gasteiger partial charge in [-0.05, 0) is 19.9 Å². The molecular formula is C9H16N2O2. The molecule has 0 radical (unpaired) electrons. The average molecular weight is 184 g/mol. The topological polar surface area (TPSA) is 49.4 Å². The van der Waals surface area contributed by atoms with Crippen LogP contribution in [0.2, 0.25) is 0 Å². The largest absolute Gasteiger partial charge is 0.341 e. The van der Waals surface area contributed by atoms with Crippen molar-refractivity contribution in [2.75, 3.05) is 26.2 Å². The molecule has 1 fully saturated rings. The van der Waals surface area contributed by atoms with Crippen LogP contribution in [0, 0.1) is 0 Å². The molecule has 0 spiro atoms. The maximum absolute atomic E-state index is 11.4. The summed E-state index contributed by atoms with van der Waals surface area (Å²) in [6.45, 7) is 4.76. The molecule has 1 heterocycles. The van der Waals surface area contributed by atoms with Crippen molar-refractivity contribution in [3.05, 3.63) is 0 Å². The van der Waals surface area contributed by atoms with Gasteiger partial charge in [0, 0.05) is 19.6 Å². The predicted octanol–water partition coefficient (Wildman–Crippen LogP) is -0.213. The molecule has 0 saturated carbocycles. The summed E-state index contributed by atoms with van der Waals surface area (Å²) in [6, 6.07) is 0. The summed E-state index contributed by atoms with van der Waals surface area (Å²) in [4.78, 5) is 23.9. The van der Waals surface area contributed by atoms with Gasteiger partial charge in [0.1, 0.15) is 5.78 Å². The fourth-order valence-corrected chi connectivity index (χ4v) is 1.42. The molecule has 4 heteroatoms. The van der Waals surface area contributed by atoms with Gasteiger partial charge < -0.3 is 10.2 Å². The smallest absolute Gasteiger partial charge is 0.230 e. The Bertz CT molecular complexity index is 196. The van der Waals surface area contributed by atoms with Crippen molar-refractivity contribution in [3.63, 3.8) is 0 Å². The molecule has 0 bridgehead atoms. The van der Waals surface area contributed by atoms with E-state index in [1.54, 1.807) is 4.90 Å². The first-order valence-electron chi connectivity index (χ1n) is 4.68. The quantitative estimate of drug-likeness (QED) is 0.604. The van der Waals surface area contributed by atoms with Crippen molar-refractivity contribution in [2.24, 2.45) is 0 Å². The predicted molar refractivity (Wildman–Crippen MR) is 49.4 cm³/mol. The van der Waals surface area contributed by atoms with E-state index in [4.69, 9.17) is 0 Å². The highest BCUT2D eigenvalue weighted by Gasteiger charge is 2.15. The van der Waals surface area contributed by atoms with Crippen LogP contribution >= 0.6 is 0 Å². The molecule has 1 N–H and O–H groups in total. The molecule has 1 aliphatic rings. The monoisotopic (exact) mass is 184 g/mol.